The van der Waals surface area contributed by atoms with Gasteiger partial charge in [-0.05, 0) is 55.5 Å². The van der Waals surface area contributed by atoms with Gasteiger partial charge in [0.05, 0.1) is 4.90 Å². The summed E-state index contributed by atoms with van der Waals surface area (Å²) in [6, 6.07) is 10.4. The van der Waals surface area contributed by atoms with E-state index in [9.17, 15) is 22.4 Å². The van der Waals surface area contributed by atoms with Gasteiger partial charge in [0.1, 0.15) is 11.9 Å². The molecule has 1 saturated heterocycles. The number of benzene rings is 2. The van der Waals surface area contributed by atoms with E-state index in [0.717, 1.165) is 5.69 Å². The number of amides is 1. The minimum atomic E-state index is -3.95. The molecule has 8 nitrogen and oxygen atoms in total. The molecule has 2 aromatic rings. The Morgan fingerprint density at radius 3 is 2.25 bits per heavy atom. The van der Waals surface area contributed by atoms with Crippen molar-refractivity contribution in [2.24, 2.45) is 0 Å². The van der Waals surface area contributed by atoms with Crippen molar-refractivity contribution in [3.05, 3.63) is 59.4 Å². The lowest BCUT2D eigenvalue weighted by atomic mass is 10.2. The second-order valence-corrected chi connectivity index (χ2v) is 9.40. The molecule has 1 atom stereocenters. The van der Waals surface area contributed by atoms with Gasteiger partial charge in [-0.1, -0.05) is 11.6 Å². The molecule has 0 aromatic heterocycles. The van der Waals surface area contributed by atoms with Gasteiger partial charge in [-0.2, -0.15) is 4.72 Å². The second-order valence-electron chi connectivity index (χ2n) is 7.25. The molecule has 0 radical (unpaired) electrons. The van der Waals surface area contributed by atoms with Crippen LogP contribution < -0.4 is 9.62 Å². The lowest BCUT2D eigenvalue weighted by Gasteiger charge is -2.36. The highest BCUT2D eigenvalue weighted by molar-refractivity contribution is 7.89. The van der Waals surface area contributed by atoms with Crippen LogP contribution in [0.2, 0.25) is 5.02 Å². The number of anilines is 1. The van der Waals surface area contributed by atoms with E-state index in [2.05, 4.69) is 4.72 Å². The van der Waals surface area contributed by atoms with Crippen LogP contribution in [0, 0.1) is 5.82 Å². The van der Waals surface area contributed by atoms with Crippen LogP contribution >= 0.6 is 11.6 Å². The maximum Gasteiger partial charge on any atom is 0.324 e. The van der Waals surface area contributed by atoms with Crippen LogP contribution in [0.4, 0.5) is 10.1 Å². The molecule has 2 aromatic carbocycles. The Balaban J connectivity index is 1.45. The van der Waals surface area contributed by atoms with Crippen molar-refractivity contribution in [3.8, 4) is 0 Å². The van der Waals surface area contributed by atoms with Gasteiger partial charge >= 0.3 is 5.97 Å². The molecule has 1 heterocycles. The Kier molecular flexibility index (Phi) is 7.70. The zero-order valence-electron chi connectivity index (χ0n) is 17.3. The molecule has 11 heteroatoms. The smallest absolute Gasteiger partial charge is 0.324 e. The van der Waals surface area contributed by atoms with Crippen molar-refractivity contribution in [2.45, 2.75) is 17.9 Å². The number of ether oxygens (including phenoxy) is 1. The molecule has 0 saturated carbocycles. The van der Waals surface area contributed by atoms with Crippen LogP contribution in [0.1, 0.15) is 6.92 Å². The van der Waals surface area contributed by atoms with E-state index in [1.54, 1.807) is 17.0 Å². The number of piperazine rings is 1. The third kappa shape index (κ3) is 6.18. The summed E-state index contributed by atoms with van der Waals surface area (Å²) in [6.45, 7) is 2.81. The van der Waals surface area contributed by atoms with Gasteiger partial charge in [-0.15, -0.1) is 0 Å². The van der Waals surface area contributed by atoms with Crippen LogP contribution in [0.15, 0.2) is 53.4 Å². The third-order valence-corrected chi connectivity index (χ3v) is 6.78. The lowest BCUT2D eigenvalue weighted by molar-refractivity contribution is -0.153. The van der Waals surface area contributed by atoms with Crippen molar-refractivity contribution in [3.63, 3.8) is 0 Å². The Hall–Kier alpha value is -2.69. The fourth-order valence-corrected chi connectivity index (χ4v) is 4.50. The lowest BCUT2D eigenvalue weighted by Crippen LogP contribution is -2.50. The van der Waals surface area contributed by atoms with E-state index in [-0.39, 0.29) is 16.6 Å². The predicted molar refractivity (Wildman–Crippen MR) is 117 cm³/mol. The number of hydrogen-bond acceptors (Lipinski definition) is 6. The number of sulfonamides is 1. The summed E-state index contributed by atoms with van der Waals surface area (Å²) < 4.78 is 45.0. The van der Waals surface area contributed by atoms with E-state index < -0.39 is 28.6 Å². The average Bonchev–Trinajstić information content (AvgIpc) is 2.78. The monoisotopic (exact) mass is 483 g/mol. The Morgan fingerprint density at radius 1 is 1.06 bits per heavy atom. The van der Waals surface area contributed by atoms with Crippen molar-refractivity contribution < 1.29 is 27.1 Å². The Morgan fingerprint density at radius 2 is 1.66 bits per heavy atom. The summed E-state index contributed by atoms with van der Waals surface area (Å²) in [7, 11) is -3.95. The van der Waals surface area contributed by atoms with Crippen molar-refractivity contribution in [2.75, 3.05) is 37.7 Å². The fourth-order valence-electron chi connectivity index (χ4n) is 3.18. The molecule has 1 aliphatic rings. The molecule has 1 aliphatic heterocycles. The zero-order valence-corrected chi connectivity index (χ0v) is 18.9. The molecule has 3 rings (SSSR count). The minimum Gasteiger partial charge on any atom is -0.454 e. The summed E-state index contributed by atoms with van der Waals surface area (Å²) in [6.07, 6.45) is 0. The highest BCUT2D eigenvalue weighted by Crippen LogP contribution is 2.17. The molecule has 0 spiro atoms. The number of esters is 1. The highest BCUT2D eigenvalue weighted by atomic mass is 35.5. The number of nitrogens with zero attached hydrogens (tertiary/aromatic N) is 2. The van der Waals surface area contributed by atoms with Gasteiger partial charge in [0.15, 0.2) is 6.61 Å². The fraction of sp³-hybridized carbons (Fsp3) is 0.333. The van der Waals surface area contributed by atoms with Gasteiger partial charge in [0.25, 0.3) is 5.91 Å². The Labute approximate surface area is 191 Å². The second kappa shape index (κ2) is 10.3. The first-order valence-electron chi connectivity index (χ1n) is 9.88. The molecule has 32 heavy (non-hydrogen) atoms. The first-order chi connectivity index (χ1) is 15.2. The molecule has 0 aliphatic carbocycles. The van der Waals surface area contributed by atoms with Crippen LogP contribution in [0.5, 0.6) is 0 Å². The van der Waals surface area contributed by atoms with Gasteiger partial charge in [-0.25, -0.2) is 12.8 Å². The summed E-state index contributed by atoms with van der Waals surface area (Å²) in [5, 5.41) is 0.383. The van der Waals surface area contributed by atoms with Crippen molar-refractivity contribution in [1.82, 2.24) is 9.62 Å². The van der Waals surface area contributed by atoms with Crippen LogP contribution in [-0.4, -0.2) is 64.0 Å². The maximum absolute atomic E-state index is 13.1. The number of hydrogen-bond donors (Lipinski definition) is 1. The van der Waals surface area contributed by atoms with Gasteiger partial charge in [-0.3, -0.25) is 9.59 Å². The average molecular weight is 484 g/mol. The topological polar surface area (TPSA) is 96.0 Å². The summed E-state index contributed by atoms with van der Waals surface area (Å²) in [4.78, 5) is 28.1. The predicted octanol–water partition coefficient (Wildman–Crippen LogP) is 2.04. The standard InChI is InChI=1S/C21H23ClFN3O5S/c1-15(24-32(29,30)19-8-2-16(22)3-9-19)21(28)31-14-20(27)26-12-10-25(11-13-26)18-6-4-17(23)5-7-18/h2-9,15,24H,10-14H2,1H3/t15-/m0/s1. The number of rotatable bonds is 7. The van der Waals surface area contributed by atoms with E-state index in [1.165, 1.54) is 43.3 Å². The largest absolute Gasteiger partial charge is 0.454 e. The number of halogens is 2. The first kappa shape index (κ1) is 24.0. The zero-order chi connectivity index (χ0) is 23.3. The normalized spacial score (nSPS) is 15.3. The number of nitrogens with one attached hydrogen (secondary N) is 1. The van der Waals surface area contributed by atoms with E-state index >= 15 is 0 Å². The van der Waals surface area contributed by atoms with Crippen LogP contribution in [-0.2, 0) is 24.3 Å². The Bertz CT molecular complexity index is 1060. The van der Waals surface area contributed by atoms with E-state index in [4.69, 9.17) is 16.3 Å². The quantitative estimate of drug-likeness (QED) is 0.605. The number of carbonyl (C=O) groups is 2. The van der Waals surface area contributed by atoms with Crippen LogP contribution in [0.3, 0.4) is 0 Å². The van der Waals surface area contributed by atoms with E-state index in [0.29, 0.717) is 31.2 Å². The molecular formula is C21H23ClFN3O5S. The van der Waals surface area contributed by atoms with Gasteiger partial charge < -0.3 is 14.5 Å². The number of carbonyl (C=O) groups excluding carboxylic acids is 2. The SMILES string of the molecule is C[C@H](NS(=O)(=O)c1ccc(Cl)cc1)C(=O)OCC(=O)N1CCN(c2ccc(F)cc2)CC1. The molecule has 172 valence electrons. The van der Waals surface area contributed by atoms with E-state index in [1.807, 2.05) is 4.90 Å². The molecule has 0 bridgehead atoms. The summed E-state index contributed by atoms with van der Waals surface area (Å²) in [5.74, 6) is -1.54. The highest BCUT2D eigenvalue weighted by Gasteiger charge is 2.26. The minimum absolute atomic E-state index is 0.0448. The molecule has 1 fully saturated rings. The van der Waals surface area contributed by atoms with Crippen molar-refractivity contribution in [1.29, 1.82) is 0 Å². The maximum atomic E-state index is 13.1. The molecular weight excluding hydrogens is 461 g/mol. The third-order valence-electron chi connectivity index (χ3n) is 4.97. The molecule has 1 amide bonds. The van der Waals surface area contributed by atoms with Crippen molar-refractivity contribution >= 4 is 39.2 Å². The summed E-state index contributed by atoms with van der Waals surface area (Å²) >= 11 is 5.76. The van der Waals surface area contributed by atoms with Gasteiger partial charge in [0, 0.05) is 36.9 Å². The van der Waals surface area contributed by atoms with Crippen LogP contribution in [0.25, 0.3) is 0 Å². The molecule has 0 unspecified atom stereocenters. The first-order valence-corrected chi connectivity index (χ1v) is 11.7. The summed E-state index contributed by atoms with van der Waals surface area (Å²) in [5.41, 5.74) is 0.867. The van der Waals surface area contributed by atoms with Gasteiger partial charge in [0.2, 0.25) is 10.0 Å². The molecule has 1 N–H and O–H groups in total.